The van der Waals surface area contributed by atoms with E-state index in [-0.39, 0.29) is 32.4 Å². The van der Waals surface area contributed by atoms with Gasteiger partial charge in [0.25, 0.3) is 11.8 Å². The number of methoxy groups -OCH3 is 2. The van der Waals surface area contributed by atoms with Crippen LogP contribution in [0.25, 0.3) is 40.3 Å². The summed E-state index contributed by atoms with van der Waals surface area (Å²) in [5.41, 5.74) is 4.50. The van der Waals surface area contributed by atoms with Crippen LogP contribution in [0.3, 0.4) is 0 Å². The molecule has 2 fully saturated rings. The van der Waals surface area contributed by atoms with Gasteiger partial charge in [0.15, 0.2) is 0 Å². The van der Waals surface area contributed by atoms with Crippen LogP contribution < -0.4 is 16.4 Å². The number of piperidine rings is 2. The molecule has 2 aliphatic heterocycles. The predicted molar refractivity (Wildman–Crippen MR) is 408 cm³/mol. The number of carboxylic acid groups (broad SMARTS) is 1. The minimum Gasteiger partial charge on any atom is -0.477 e. The number of aromatic carboxylic acids is 1. The Balaban J connectivity index is -0.000000473. The Morgan fingerprint density at radius 3 is 1.09 bits per heavy atom. The Morgan fingerprint density at radius 2 is 0.824 bits per heavy atom. The summed E-state index contributed by atoms with van der Waals surface area (Å²) in [7, 11) is 11.9. The highest BCUT2D eigenvalue weighted by molar-refractivity contribution is 9.69. The maximum absolute atomic E-state index is 11.4. The number of esters is 1. The van der Waals surface area contributed by atoms with Crippen molar-refractivity contribution in [2.45, 2.75) is 86.4 Å². The van der Waals surface area contributed by atoms with E-state index in [1.54, 1.807) is 34.4 Å². The molecule has 0 bridgehead atoms. The monoisotopic (exact) mass is 1570 g/mol. The quantitative estimate of drug-likeness (QED) is 0.0426. The number of aliphatic hydroxyl groups is 3. The molecule has 26 heteroatoms. The molecule has 2 saturated heterocycles. The van der Waals surface area contributed by atoms with Crippen molar-refractivity contribution in [3.63, 3.8) is 0 Å². The predicted octanol–water partition coefficient (Wildman–Crippen LogP) is 16.5. The third-order valence-corrected chi connectivity index (χ3v) is 16.0. The summed E-state index contributed by atoms with van der Waals surface area (Å²) in [5, 5.41) is 41.6. The van der Waals surface area contributed by atoms with Crippen molar-refractivity contribution in [2.75, 3.05) is 108 Å². The van der Waals surface area contributed by atoms with Gasteiger partial charge in [-0.15, -0.1) is 116 Å². The van der Waals surface area contributed by atoms with Crippen molar-refractivity contribution >= 4 is 183 Å². The lowest BCUT2D eigenvalue weighted by Crippen LogP contribution is -2.36. The lowest BCUT2D eigenvalue weighted by atomic mass is 10.1. The van der Waals surface area contributed by atoms with Crippen molar-refractivity contribution in [1.29, 1.82) is 0 Å². The summed E-state index contributed by atoms with van der Waals surface area (Å²) < 4.78 is 19.2. The van der Waals surface area contributed by atoms with Gasteiger partial charge in [0.1, 0.15) is 9.75 Å². The SMILES string of the molecule is BrB(Br)Br.CC.CC.CCN1CCC(O)CC1.CCN1CCC(OC)CC1.CCOC(=O)c1cc2ccccc2s1.CN.CNC(=O)c1cc2ccccc2s1.CNC(=O)c1cc2ccccc2s1.CO.CO.COC.ClCCl.O=C(O)c1cc2ccccc2s1. The minimum absolute atomic E-state index is 0.0128. The smallest absolute Gasteiger partial charge is 0.369 e. The number of amides is 2. The number of nitrogens with two attached hydrogens (primary N) is 1. The number of carbonyl (C=O) groups is 4. The lowest BCUT2D eigenvalue weighted by Gasteiger charge is -2.29. The van der Waals surface area contributed by atoms with Gasteiger partial charge in [-0.1, -0.05) is 114 Å². The highest BCUT2D eigenvalue weighted by atomic mass is 79.9. The molecule has 8 N–H and O–H groups in total. The molecular weight excluding hydrogens is 1480 g/mol. The number of nitrogens with zero attached hydrogens (tertiary/aromatic N) is 2. The molecule has 91 heavy (non-hydrogen) atoms. The fourth-order valence-electron chi connectivity index (χ4n) is 7.50. The maximum atomic E-state index is 11.4. The molecule has 6 heterocycles. The van der Waals surface area contributed by atoms with Crippen LogP contribution >= 0.6 is 116 Å². The van der Waals surface area contributed by atoms with Gasteiger partial charge in [-0.25, -0.2) is 9.59 Å². The summed E-state index contributed by atoms with van der Waals surface area (Å²) in [6, 6.07) is 38.9. The van der Waals surface area contributed by atoms with Crippen LogP contribution in [0, 0.1) is 0 Å². The number of benzene rings is 4. The van der Waals surface area contributed by atoms with E-state index in [2.05, 4.69) is 92.0 Å². The van der Waals surface area contributed by atoms with Gasteiger partial charge in [-0.2, -0.15) is 0 Å². The van der Waals surface area contributed by atoms with Crippen LogP contribution in [-0.2, 0) is 14.2 Å². The first-order chi connectivity index (χ1) is 43.9. The Kier molecular flexibility index (Phi) is 64.4. The van der Waals surface area contributed by atoms with Crippen LogP contribution in [0.4, 0.5) is 0 Å². The van der Waals surface area contributed by atoms with Crippen molar-refractivity contribution in [3.05, 3.63) is 141 Å². The fraction of sp³-hybridized carbons (Fsp3) is 0.446. The fourth-order valence-corrected chi connectivity index (χ4v) is 11.4. The average Bonchev–Trinajstić information content (AvgIpc) is 2.09. The van der Waals surface area contributed by atoms with Gasteiger partial charge in [0, 0.05) is 94.6 Å². The Labute approximate surface area is 593 Å². The molecule has 8 aromatic rings. The number of aliphatic hydroxyl groups excluding tert-OH is 3. The second kappa shape index (κ2) is 62.5. The zero-order chi connectivity index (χ0) is 70.1. The third kappa shape index (κ3) is 41.7. The highest BCUT2D eigenvalue weighted by Gasteiger charge is 2.17. The molecule has 0 aliphatic carbocycles. The number of carboxylic acids is 1. The highest BCUT2D eigenvalue weighted by Crippen LogP contribution is 2.28. The number of carbonyl (C=O) groups excluding carboxylic acids is 3. The van der Waals surface area contributed by atoms with E-state index >= 15 is 0 Å². The number of fused-ring (bicyclic) bond motifs is 4. The average molecular weight is 1580 g/mol. The maximum Gasteiger partial charge on any atom is 0.369 e. The van der Waals surface area contributed by atoms with E-state index in [4.69, 9.17) is 53.1 Å². The summed E-state index contributed by atoms with van der Waals surface area (Å²) in [6.07, 6.45) is 4.87. The van der Waals surface area contributed by atoms with E-state index in [0.29, 0.717) is 22.5 Å². The first kappa shape index (κ1) is 93.8. The normalized spacial score (nSPS) is 11.9. The zero-order valence-corrected chi connectivity index (χ0v) is 64.9. The minimum atomic E-state index is -0.851. The van der Waals surface area contributed by atoms with E-state index in [0.717, 1.165) is 96.8 Å². The number of halogens is 5. The zero-order valence-electron chi connectivity index (χ0n) is 55.4. The summed E-state index contributed by atoms with van der Waals surface area (Å²) >= 11 is 24.7. The van der Waals surface area contributed by atoms with Gasteiger partial charge in [-0.05, 0) is 123 Å². The number of alkyl halides is 2. The Morgan fingerprint density at radius 1 is 0.560 bits per heavy atom. The van der Waals surface area contributed by atoms with Crippen LogP contribution in [0.15, 0.2) is 121 Å². The van der Waals surface area contributed by atoms with Crippen LogP contribution in [0.2, 0.25) is 0 Å². The molecule has 0 radical (unpaired) electrons. The summed E-state index contributed by atoms with van der Waals surface area (Å²) in [4.78, 5) is 52.0. The summed E-state index contributed by atoms with van der Waals surface area (Å²) in [5.74, 6) is -1.10. The van der Waals surface area contributed by atoms with Gasteiger partial charge in [0.05, 0.1) is 33.9 Å². The molecule has 2 aliphatic rings. The number of hydrogen-bond acceptors (Lipinski definition) is 17. The molecule has 16 nitrogen and oxygen atoms in total. The van der Waals surface area contributed by atoms with Crippen LogP contribution in [-0.4, -0.2) is 177 Å². The van der Waals surface area contributed by atoms with Crippen molar-refractivity contribution in [2.24, 2.45) is 5.73 Å². The van der Waals surface area contributed by atoms with Crippen molar-refractivity contribution < 1.29 is 53.8 Å². The molecule has 4 aromatic heterocycles. The molecule has 0 saturated carbocycles. The van der Waals surface area contributed by atoms with E-state index < -0.39 is 5.97 Å². The van der Waals surface area contributed by atoms with Crippen molar-refractivity contribution in [3.8, 4) is 0 Å². The number of rotatable bonds is 8. The van der Waals surface area contributed by atoms with E-state index in [1.165, 1.54) is 84.9 Å². The number of ether oxygens (including phenoxy) is 3. The molecule has 512 valence electrons. The number of hydrogen-bond donors (Lipinski definition) is 7. The number of likely N-dealkylation sites (tertiary alicyclic amines) is 2. The van der Waals surface area contributed by atoms with Crippen LogP contribution in [0.5, 0.6) is 0 Å². The number of nitrogens with one attached hydrogen (secondary N) is 2. The molecule has 0 atom stereocenters. The molecular formula is C65H99BBr3Cl2N5O11S4. The Hall–Kier alpha value is -3.64. The number of thiophene rings is 4. The van der Waals surface area contributed by atoms with E-state index in [1.807, 2.05) is 157 Å². The van der Waals surface area contributed by atoms with Gasteiger partial charge in [-0.3, -0.25) is 9.59 Å². The molecule has 2 amide bonds. The van der Waals surface area contributed by atoms with Gasteiger partial charge in [0.2, 0.25) is 0 Å². The summed E-state index contributed by atoms with van der Waals surface area (Å²) in [6.45, 7) is 21.5. The second-order valence-corrected chi connectivity index (χ2v) is 28.6. The third-order valence-electron chi connectivity index (χ3n) is 11.6. The second-order valence-electron chi connectivity index (χ2n) is 17.1. The Bertz CT molecular complexity index is 2800. The molecule has 0 unspecified atom stereocenters. The van der Waals surface area contributed by atoms with Crippen molar-refractivity contribution in [1.82, 2.24) is 20.4 Å². The van der Waals surface area contributed by atoms with Gasteiger partial charge >= 0.3 is 15.1 Å². The van der Waals surface area contributed by atoms with Crippen LogP contribution in [0.1, 0.15) is 113 Å². The molecule has 10 rings (SSSR count). The first-order valence-corrected chi connectivity index (χ1v) is 36.4. The molecule has 0 spiro atoms. The standard InChI is InChI=1S/C11H10O2S.2C10H9NOS.C9H6O2S.C8H17NO.C7H15NO.C2H6O.2C2H6.CH2Cl2.CH5N.2CH4O.BBr3/c1-2-13-11(12)10-7-8-5-3-4-6-9(8)14-10;2*1-11-10(12)9-6-7-4-2-3-5-8(7)13-9;10-9(11)8-5-6-3-1-2-4-7(6)12-8;1-3-9-6-4-8(10-2)5-7-9;1-2-8-5-3-7(9)4-6-8;1-3-2;2*1-2;2-1-3;3*1-2;2-1(3)4/h3-7H,2H2,1H3;2*2-6H,1H3,(H,11,12);1-5H,(H,10,11);8H,3-7H2,1-2H3;7,9H,2-6H2,1H3;1-2H3;2*1-2H3;1H2;2H2,1H3;2*2H,1H3;. The first-order valence-electron chi connectivity index (χ1n) is 29.3. The lowest BCUT2D eigenvalue weighted by molar-refractivity contribution is 0.0427. The largest absolute Gasteiger partial charge is 0.477 e. The molecule has 4 aromatic carbocycles. The van der Waals surface area contributed by atoms with E-state index in [9.17, 15) is 19.2 Å². The van der Waals surface area contributed by atoms with Gasteiger partial charge < -0.3 is 60.8 Å². The topological polar surface area (TPSA) is 233 Å².